The molecule has 0 unspecified atom stereocenters. The first-order valence-corrected chi connectivity index (χ1v) is 10.9. The molecule has 2 bridgehead atoms. The smallest absolute Gasteiger partial charge is 0.376 e. The first-order chi connectivity index (χ1) is 14.5. The van der Waals surface area contributed by atoms with E-state index in [1.54, 1.807) is 29.8 Å². The van der Waals surface area contributed by atoms with Crippen LogP contribution in [0.5, 0.6) is 5.75 Å². The average Bonchev–Trinajstić information content (AvgIpc) is 3.19. The Balaban J connectivity index is 1.78. The number of halogens is 4. The third-order valence-corrected chi connectivity index (χ3v) is 6.84. The molecular weight excluding hydrogens is 459 g/mol. The molecule has 1 aromatic heterocycles. The molecule has 0 radical (unpaired) electrons. The Labute approximate surface area is 179 Å². The number of rotatable bonds is 2. The van der Waals surface area contributed by atoms with Crippen molar-refractivity contribution < 1.29 is 30.6 Å². The Kier molecular flexibility index (Phi) is 4.13. The van der Waals surface area contributed by atoms with E-state index in [2.05, 4.69) is 9.17 Å². The van der Waals surface area contributed by atoms with Crippen molar-refractivity contribution >= 4 is 38.7 Å². The van der Waals surface area contributed by atoms with Gasteiger partial charge in [-0.15, -0.1) is 0 Å². The van der Waals surface area contributed by atoms with Crippen LogP contribution in [0.15, 0.2) is 36.4 Å². The number of amides is 1. The van der Waals surface area contributed by atoms with Crippen LogP contribution < -0.4 is 4.18 Å². The van der Waals surface area contributed by atoms with E-state index < -0.39 is 39.4 Å². The molecule has 0 spiro atoms. The predicted molar refractivity (Wildman–Crippen MR) is 104 cm³/mol. The summed E-state index contributed by atoms with van der Waals surface area (Å²) in [5.74, 6) is -0.468. The molecule has 5 rings (SSSR count). The number of hydrogen-bond donors (Lipinski definition) is 0. The number of alkyl halides is 3. The molecule has 2 aliphatic rings. The van der Waals surface area contributed by atoms with Gasteiger partial charge < -0.3 is 13.7 Å². The van der Waals surface area contributed by atoms with Gasteiger partial charge in [-0.25, -0.2) is 4.98 Å². The van der Waals surface area contributed by atoms with E-state index in [9.17, 15) is 26.4 Å². The molecule has 0 aliphatic carbocycles. The fraction of sp³-hybridized carbons (Fsp3) is 0.263. The third kappa shape index (κ3) is 2.83. The van der Waals surface area contributed by atoms with Gasteiger partial charge in [0.1, 0.15) is 11.6 Å². The standard InChI is InChI=1S/C19H13ClF3N3O4S/c1-25-14-8-13(26-12-7-9(20)5-6-11(12)24-17(14)26)16-10(18(25)27)3-2-4-15(16)30-31(28,29)19(21,22)23/h2-7,13-14H,8H2,1H3/t13-,14-/m1/s1. The Morgan fingerprint density at radius 2 is 1.94 bits per heavy atom. The lowest BCUT2D eigenvalue weighted by Gasteiger charge is -2.24. The molecule has 1 amide bonds. The van der Waals surface area contributed by atoms with Gasteiger partial charge in [0.2, 0.25) is 0 Å². The van der Waals surface area contributed by atoms with Gasteiger partial charge >= 0.3 is 15.6 Å². The van der Waals surface area contributed by atoms with E-state index in [1.807, 2.05) is 0 Å². The Hall–Kier alpha value is -2.79. The van der Waals surface area contributed by atoms with Crippen molar-refractivity contribution in [1.29, 1.82) is 0 Å². The van der Waals surface area contributed by atoms with Crippen molar-refractivity contribution in [3.05, 3.63) is 58.4 Å². The van der Waals surface area contributed by atoms with Crippen LogP contribution in [0.4, 0.5) is 13.2 Å². The first-order valence-electron chi connectivity index (χ1n) is 9.08. The molecule has 3 aromatic rings. The predicted octanol–water partition coefficient (Wildman–Crippen LogP) is 4.04. The molecule has 0 saturated carbocycles. The fourth-order valence-electron chi connectivity index (χ4n) is 4.29. The van der Waals surface area contributed by atoms with Gasteiger partial charge in [-0.1, -0.05) is 17.7 Å². The van der Waals surface area contributed by atoms with Crippen molar-refractivity contribution in [2.45, 2.75) is 24.0 Å². The molecule has 0 saturated heterocycles. The summed E-state index contributed by atoms with van der Waals surface area (Å²) in [6.45, 7) is 0. The van der Waals surface area contributed by atoms with E-state index in [-0.39, 0.29) is 11.1 Å². The minimum atomic E-state index is -5.93. The van der Waals surface area contributed by atoms with E-state index in [1.165, 1.54) is 17.0 Å². The second-order valence-corrected chi connectivity index (χ2v) is 9.33. The number of benzene rings is 2. The summed E-state index contributed by atoms with van der Waals surface area (Å²) in [5, 5.41) is 0.434. The molecule has 7 nitrogen and oxygen atoms in total. The third-order valence-electron chi connectivity index (χ3n) is 5.64. The molecular formula is C19H13ClF3N3O4S. The lowest BCUT2D eigenvalue weighted by molar-refractivity contribution is -0.0500. The number of imidazole rings is 1. The quantitative estimate of drug-likeness (QED) is 0.416. The molecule has 12 heteroatoms. The van der Waals surface area contributed by atoms with Crippen LogP contribution in [0.2, 0.25) is 5.02 Å². The SMILES string of the molecule is CN1C(=O)c2cccc(OS(=O)(=O)C(F)(F)F)c2[C@H]2C[C@@H]1c1nc3ccc(Cl)cc3n12. The Bertz CT molecular complexity index is 1370. The highest BCUT2D eigenvalue weighted by Crippen LogP contribution is 2.50. The average molecular weight is 472 g/mol. The van der Waals surface area contributed by atoms with E-state index in [0.29, 0.717) is 28.3 Å². The van der Waals surface area contributed by atoms with Gasteiger partial charge in [0.15, 0.2) is 0 Å². The number of nitrogens with zero attached hydrogens (tertiary/aromatic N) is 3. The maximum Gasteiger partial charge on any atom is 0.534 e. The molecule has 162 valence electrons. The molecule has 2 aliphatic heterocycles. The van der Waals surface area contributed by atoms with Crippen LogP contribution in [-0.4, -0.2) is 41.3 Å². The van der Waals surface area contributed by atoms with Gasteiger partial charge in [-0.3, -0.25) is 4.79 Å². The van der Waals surface area contributed by atoms with Crippen LogP contribution >= 0.6 is 11.6 Å². The summed E-state index contributed by atoms with van der Waals surface area (Å²) in [5.41, 5.74) is -4.26. The number of hydrogen-bond acceptors (Lipinski definition) is 5. The first kappa shape index (κ1) is 20.1. The van der Waals surface area contributed by atoms with Crippen molar-refractivity contribution in [3.63, 3.8) is 0 Å². The highest BCUT2D eigenvalue weighted by molar-refractivity contribution is 7.88. The lowest BCUT2D eigenvalue weighted by Crippen LogP contribution is -2.31. The minimum Gasteiger partial charge on any atom is -0.376 e. The zero-order chi connectivity index (χ0) is 22.3. The van der Waals surface area contributed by atoms with Crippen LogP contribution in [0.25, 0.3) is 11.0 Å². The van der Waals surface area contributed by atoms with Crippen molar-refractivity contribution in [2.75, 3.05) is 7.05 Å². The molecule has 31 heavy (non-hydrogen) atoms. The van der Waals surface area contributed by atoms with Crippen LogP contribution in [0.1, 0.15) is 40.3 Å². The summed E-state index contributed by atoms with van der Waals surface area (Å²) in [6.07, 6.45) is 0.298. The normalized spacial score (nSPS) is 20.5. The number of fused-ring (bicyclic) bond motifs is 9. The van der Waals surface area contributed by atoms with Crippen molar-refractivity contribution in [2.24, 2.45) is 0 Å². The van der Waals surface area contributed by atoms with E-state index in [0.717, 1.165) is 6.07 Å². The van der Waals surface area contributed by atoms with Gasteiger partial charge in [-0.05, 0) is 30.3 Å². The van der Waals surface area contributed by atoms with Gasteiger partial charge in [0.05, 0.1) is 23.1 Å². The monoisotopic (exact) mass is 471 g/mol. The van der Waals surface area contributed by atoms with E-state index in [4.69, 9.17) is 11.6 Å². The maximum absolute atomic E-state index is 13.1. The maximum atomic E-state index is 13.1. The second kappa shape index (κ2) is 6.36. The van der Waals surface area contributed by atoms with Crippen molar-refractivity contribution in [3.8, 4) is 5.75 Å². The number of carbonyl (C=O) groups excluding carboxylic acids is 1. The van der Waals surface area contributed by atoms with Gasteiger partial charge in [-0.2, -0.15) is 21.6 Å². The topological polar surface area (TPSA) is 81.5 Å². The number of carbonyl (C=O) groups is 1. The summed E-state index contributed by atoms with van der Waals surface area (Å²) in [7, 11) is -4.36. The summed E-state index contributed by atoms with van der Waals surface area (Å²) < 4.78 is 68.7. The summed E-state index contributed by atoms with van der Waals surface area (Å²) in [4.78, 5) is 19.1. The Morgan fingerprint density at radius 3 is 2.65 bits per heavy atom. The van der Waals surface area contributed by atoms with Crippen LogP contribution in [-0.2, 0) is 10.1 Å². The zero-order valence-electron chi connectivity index (χ0n) is 15.7. The van der Waals surface area contributed by atoms with E-state index >= 15 is 0 Å². The summed E-state index contributed by atoms with van der Waals surface area (Å²) >= 11 is 6.14. The van der Waals surface area contributed by atoms with Gasteiger partial charge in [0.25, 0.3) is 5.91 Å². The molecule has 3 heterocycles. The largest absolute Gasteiger partial charge is 0.534 e. The lowest BCUT2D eigenvalue weighted by atomic mass is 9.98. The molecule has 0 N–H and O–H groups in total. The van der Waals surface area contributed by atoms with Crippen molar-refractivity contribution in [1.82, 2.24) is 14.5 Å². The Morgan fingerprint density at radius 1 is 1.19 bits per heavy atom. The number of aromatic nitrogens is 2. The highest BCUT2D eigenvalue weighted by atomic mass is 35.5. The minimum absolute atomic E-state index is 0.0627. The molecule has 2 aromatic carbocycles. The van der Waals surface area contributed by atoms with Crippen LogP contribution in [0.3, 0.4) is 0 Å². The highest BCUT2D eigenvalue weighted by Gasteiger charge is 2.50. The molecule has 0 fully saturated rings. The summed E-state index contributed by atoms with van der Waals surface area (Å²) in [6, 6.07) is 7.73. The molecule has 2 atom stereocenters. The second-order valence-electron chi connectivity index (χ2n) is 7.36. The van der Waals surface area contributed by atoms with Gasteiger partial charge in [0, 0.05) is 29.6 Å². The van der Waals surface area contributed by atoms with Crippen LogP contribution in [0, 0.1) is 0 Å². The fourth-order valence-corrected chi connectivity index (χ4v) is 4.93. The zero-order valence-corrected chi connectivity index (χ0v) is 17.3.